The number of carbonyl (C=O) groups is 3. The molecule has 3 aliphatic heterocycles. The van der Waals surface area contributed by atoms with E-state index in [-0.39, 0.29) is 29.4 Å². The van der Waals surface area contributed by atoms with Crippen LogP contribution < -0.4 is 10.6 Å². The van der Waals surface area contributed by atoms with Crippen molar-refractivity contribution >= 4 is 23.4 Å². The summed E-state index contributed by atoms with van der Waals surface area (Å²) in [6.07, 6.45) is -6.19. The highest BCUT2D eigenvalue weighted by molar-refractivity contribution is 6.06. The number of imide groups is 1. The summed E-state index contributed by atoms with van der Waals surface area (Å²) < 4.78 is 63.1. The molecule has 0 bridgehead atoms. The normalized spacial score (nSPS) is 27.3. The fourth-order valence-electron chi connectivity index (χ4n) is 4.22. The minimum Gasteiger partial charge on any atom is -0.381 e. The van der Waals surface area contributed by atoms with Crippen LogP contribution in [0, 0.1) is 0 Å². The van der Waals surface area contributed by atoms with Crippen LogP contribution in [0.15, 0.2) is 42.4 Å². The molecule has 2 fully saturated rings. The smallest absolute Gasteiger partial charge is 0.255 e. The number of piperidine rings is 1. The number of fused-ring (bicyclic) bond motifs is 1. The third kappa shape index (κ3) is 4.49. The topological polar surface area (TPSA) is 91.0 Å². The summed E-state index contributed by atoms with van der Waals surface area (Å²) in [5.41, 5.74) is 1.94. The van der Waals surface area contributed by atoms with Crippen LogP contribution in [0.2, 0.25) is 0 Å². The Morgan fingerprint density at radius 3 is 2.76 bits per heavy atom. The molecule has 1 unspecified atom stereocenters. The van der Waals surface area contributed by atoms with Gasteiger partial charge < -0.3 is 15.0 Å². The average Bonchev–Trinajstić information content (AvgIpc) is 3.24. The molecule has 0 radical (unpaired) electrons. The number of morpholine rings is 1. The summed E-state index contributed by atoms with van der Waals surface area (Å²) in [4.78, 5) is 41.3. The second-order valence-electron chi connectivity index (χ2n) is 8.04. The Morgan fingerprint density at radius 1 is 1.15 bits per heavy atom. The number of hydrogen-bond acceptors (Lipinski definition) is 6. The predicted molar refractivity (Wildman–Crippen MR) is 122 cm³/mol. The molecule has 0 aliphatic carbocycles. The van der Waals surface area contributed by atoms with E-state index in [1.54, 1.807) is 5.32 Å². The van der Waals surface area contributed by atoms with Crippen molar-refractivity contribution in [1.82, 2.24) is 15.1 Å². The second-order valence-corrected chi connectivity index (χ2v) is 8.04. The van der Waals surface area contributed by atoms with Gasteiger partial charge in [0.1, 0.15) is 6.04 Å². The van der Waals surface area contributed by atoms with E-state index in [1.165, 1.54) is 0 Å². The monoisotopic (exact) mass is 455 g/mol. The first-order valence-corrected chi connectivity index (χ1v) is 10.8. The summed E-state index contributed by atoms with van der Waals surface area (Å²) in [6.45, 7) is 3.39. The maximum absolute atomic E-state index is 13.5. The van der Waals surface area contributed by atoms with E-state index in [4.69, 9.17) is 14.3 Å². The fraction of sp³-hybridized carbons (Fsp3) is 0.400. The number of amides is 3. The molecule has 5 rings (SSSR count). The Labute approximate surface area is 202 Å². The van der Waals surface area contributed by atoms with E-state index in [9.17, 15) is 14.4 Å². The molecule has 172 valence electrons. The lowest BCUT2D eigenvalue weighted by Crippen LogP contribution is -2.52. The van der Waals surface area contributed by atoms with Crippen molar-refractivity contribution < 1.29 is 28.7 Å². The van der Waals surface area contributed by atoms with Gasteiger partial charge in [0.2, 0.25) is 11.8 Å². The SMILES string of the molecule is [2H]c1c([2H])c(NCc2ccccc2CN2CCOCC2)c2c(c1[2H])C(=O)N(C1C(=O)NC(=O)C([2H])([2H])C1([2H])[2H])C2. The molecular formula is C25H28N4O4. The van der Waals surface area contributed by atoms with Crippen LogP contribution in [0.1, 0.15) is 49.4 Å². The first-order chi connectivity index (χ1) is 18.9. The highest BCUT2D eigenvalue weighted by atomic mass is 16.5. The van der Waals surface area contributed by atoms with Gasteiger partial charge in [-0.05, 0) is 29.6 Å². The molecule has 8 nitrogen and oxygen atoms in total. The van der Waals surface area contributed by atoms with Gasteiger partial charge in [-0.3, -0.25) is 24.6 Å². The lowest BCUT2D eigenvalue weighted by atomic mass is 10.0. The van der Waals surface area contributed by atoms with Crippen LogP contribution in [0.4, 0.5) is 5.69 Å². The van der Waals surface area contributed by atoms with E-state index < -0.39 is 55.1 Å². The lowest BCUT2D eigenvalue weighted by molar-refractivity contribution is -0.136. The molecule has 3 heterocycles. The molecule has 2 aromatic carbocycles. The van der Waals surface area contributed by atoms with Gasteiger partial charge >= 0.3 is 0 Å². The maximum Gasteiger partial charge on any atom is 0.255 e. The van der Waals surface area contributed by atoms with Gasteiger partial charge in [0.05, 0.1) is 17.3 Å². The maximum atomic E-state index is 13.5. The number of anilines is 1. The Bertz CT molecular complexity index is 1400. The number of rotatable bonds is 6. The van der Waals surface area contributed by atoms with Gasteiger partial charge in [-0.1, -0.05) is 30.3 Å². The standard InChI is InChI=1S/C25H28N4O4/c30-23-9-8-22(24(31)27-23)29-16-20-19(25(29)32)6-3-7-21(20)26-14-17-4-1-2-5-18(17)15-28-10-12-33-13-11-28/h1-7,22,26H,8-16H2,(H,27,30,31)/i3D,6D,7D,8D2,9D2. The van der Waals surface area contributed by atoms with Gasteiger partial charge in [-0.15, -0.1) is 0 Å². The minimum atomic E-state index is -3.11. The molecule has 2 aromatic rings. The molecule has 0 saturated carbocycles. The summed E-state index contributed by atoms with van der Waals surface area (Å²) in [5.74, 6) is -3.57. The number of benzene rings is 2. The van der Waals surface area contributed by atoms with Crippen LogP contribution in [-0.2, 0) is 34.0 Å². The summed E-state index contributed by atoms with van der Waals surface area (Å²) in [7, 11) is 0. The second kappa shape index (κ2) is 9.33. The third-order valence-electron chi connectivity index (χ3n) is 5.97. The van der Waals surface area contributed by atoms with Gasteiger partial charge in [0.25, 0.3) is 5.91 Å². The van der Waals surface area contributed by atoms with E-state index in [1.807, 2.05) is 24.3 Å². The van der Waals surface area contributed by atoms with Crippen LogP contribution in [0.25, 0.3) is 0 Å². The van der Waals surface area contributed by atoms with Gasteiger partial charge in [-0.25, -0.2) is 0 Å². The van der Waals surface area contributed by atoms with Gasteiger partial charge in [0.15, 0.2) is 0 Å². The molecule has 0 spiro atoms. The lowest BCUT2D eigenvalue weighted by Gasteiger charge is -2.29. The van der Waals surface area contributed by atoms with Crippen molar-refractivity contribution in [2.45, 2.75) is 38.4 Å². The molecule has 8 heteroatoms. The highest BCUT2D eigenvalue weighted by Crippen LogP contribution is 2.32. The average molecular weight is 456 g/mol. The molecule has 1 atom stereocenters. The van der Waals surface area contributed by atoms with Crippen molar-refractivity contribution in [2.24, 2.45) is 0 Å². The largest absolute Gasteiger partial charge is 0.381 e. The number of ether oxygens (including phenoxy) is 1. The van der Waals surface area contributed by atoms with Crippen molar-refractivity contribution in [3.63, 3.8) is 0 Å². The first kappa shape index (κ1) is 14.8. The Balaban J connectivity index is 1.47. The quantitative estimate of drug-likeness (QED) is 0.647. The van der Waals surface area contributed by atoms with Crippen LogP contribution in [-0.4, -0.2) is 59.9 Å². The molecule has 3 aliphatic rings. The predicted octanol–water partition coefficient (Wildman–Crippen LogP) is 1.89. The summed E-state index contributed by atoms with van der Waals surface area (Å²) >= 11 is 0. The summed E-state index contributed by atoms with van der Waals surface area (Å²) in [5, 5.41) is 4.94. The molecule has 33 heavy (non-hydrogen) atoms. The zero-order valence-corrected chi connectivity index (χ0v) is 17.9. The Morgan fingerprint density at radius 2 is 1.94 bits per heavy atom. The number of nitrogens with one attached hydrogen (secondary N) is 2. The molecule has 2 N–H and O–H groups in total. The van der Waals surface area contributed by atoms with Gasteiger partial charge in [-0.2, -0.15) is 0 Å². The molecule has 0 aromatic heterocycles. The zero-order chi connectivity index (χ0) is 29.0. The van der Waals surface area contributed by atoms with Gasteiger partial charge in [0, 0.05) is 61.4 Å². The van der Waals surface area contributed by atoms with E-state index in [0.29, 0.717) is 19.8 Å². The van der Waals surface area contributed by atoms with E-state index in [2.05, 4.69) is 10.2 Å². The fourth-order valence-corrected chi connectivity index (χ4v) is 4.22. The molecular weight excluding hydrogens is 420 g/mol. The van der Waals surface area contributed by atoms with Crippen molar-refractivity contribution in [2.75, 3.05) is 31.6 Å². The van der Waals surface area contributed by atoms with E-state index >= 15 is 0 Å². The Kier molecular flexibility index (Phi) is 4.19. The Hall–Kier alpha value is -3.23. The minimum absolute atomic E-state index is 0.101. The molecule has 3 amide bonds. The zero-order valence-electron chi connectivity index (χ0n) is 24.9. The number of carbonyl (C=O) groups excluding carboxylic acids is 3. The number of nitrogens with zero attached hydrogens (tertiary/aromatic N) is 2. The highest BCUT2D eigenvalue weighted by Gasteiger charge is 2.39. The van der Waals surface area contributed by atoms with Crippen LogP contribution in [0.5, 0.6) is 0 Å². The van der Waals surface area contributed by atoms with Crippen LogP contribution in [0.3, 0.4) is 0 Å². The summed E-state index contributed by atoms with van der Waals surface area (Å²) in [6, 6.07) is 4.32. The third-order valence-corrected chi connectivity index (χ3v) is 5.97. The number of hydrogen-bond donors (Lipinski definition) is 2. The first-order valence-electron chi connectivity index (χ1n) is 14.3. The molecule has 2 saturated heterocycles. The van der Waals surface area contributed by atoms with E-state index in [0.717, 1.165) is 29.1 Å². The van der Waals surface area contributed by atoms with Crippen molar-refractivity contribution in [1.29, 1.82) is 0 Å². The van der Waals surface area contributed by atoms with Crippen molar-refractivity contribution in [3.8, 4) is 0 Å². The van der Waals surface area contributed by atoms with Crippen LogP contribution >= 0.6 is 0 Å². The van der Waals surface area contributed by atoms with Crippen molar-refractivity contribution in [3.05, 3.63) is 64.6 Å².